The monoisotopic (exact) mass is 385 g/mol. The lowest BCUT2D eigenvalue weighted by Crippen LogP contribution is -2.24. The predicted octanol–water partition coefficient (Wildman–Crippen LogP) is 7.01. The second kappa shape index (κ2) is 9.13. The number of aryl methyl sites for hydroxylation is 2. The number of benzene rings is 2. The van der Waals surface area contributed by atoms with E-state index < -0.39 is 0 Å². The molecule has 3 aromatic rings. The van der Waals surface area contributed by atoms with E-state index in [0.29, 0.717) is 0 Å². The van der Waals surface area contributed by atoms with E-state index in [4.69, 9.17) is 4.98 Å². The van der Waals surface area contributed by atoms with Gasteiger partial charge in [-0.2, -0.15) is 0 Å². The SMILES string of the molecule is CCCCc1cccc(N2CN(c3ccccc3)c3ncc(CCCC)cc32)c1. The number of aromatic nitrogens is 1. The Morgan fingerprint density at radius 3 is 2.24 bits per heavy atom. The van der Waals surface area contributed by atoms with Gasteiger partial charge in [-0.3, -0.25) is 0 Å². The maximum atomic E-state index is 4.90. The van der Waals surface area contributed by atoms with Gasteiger partial charge in [0.15, 0.2) is 5.82 Å². The second-order valence-electron chi connectivity index (χ2n) is 7.90. The molecular formula is C26H31N3. The Morgan fingerprint density at radius 1 is 0.759 bits per heavy atom. The average molecular weight is 386 g/mol. The summed E-state index contributed by atoms with van der Waals surface area (Å²) < 4.78 is 0. The van der Waals surface area contributed by atoms with Crippen LogP contribution >= 0.6 is 0 Å². The topological polar surface area (TPSA) is 19.4 Å². The molecule has 3 heteroatoms. The molecule has 4 rings (SSSR count). The molecule has 0 saturated carbocycles. The summed E-state index contributed by atoms with van der Waals surface area (Å²) in [4.78, 5) is 9.64. The first-order chi connectivity index (χ1) is 14.3. The van der Waals surface area contributed by atoms with Crippen molar-refractivity contribution in [3.05, 3.63) is 78.0 Å². The first-order valence-electron chi connectivity index (χ1n) is 11.0. The van der Waals surface area contributed by atoms with Crippen LogP contribution in [-0.2, 0) is 12.8 Å². The number of anilines is 4. The van der Waals surface area contributed by atoms with E-state index in [-0.39, 0.29) is 0 Å². The zero-order valence-corrected chi connectivity index (χ0v) is 17.6. The van der Waals surface area contributed by atoms with Gasteiger partial charge in [0.25, 0.3) is 0 Å². The number of pyridine rings is 1. The van der Waals surface area contributed by atoms with Crippen molar-refractivity contribution in [2.24, 2.45) is 0 Å². The van der Waals surface area contributed by atoms with Gasteiger partial charge >= 0.3 is 0 Å². The Bertz CT molecular complexity index is 936. The summed E-state index contributed by atoms with van der Waals surface area (Å²) in [6, 6.07) is 22.0. The average Bonchev–Trinajstić information content (AvgIpc) is 3.16. The summed E-state index contributed by atoms with van der Waals surface area (Å²) in [6.45, 7) is 5.29. The quantitative estimate of drug-likeness (QED) is 0.415. The molecule has 2 heterocycles. The minimum Gasteiger partial charge on any atom is -0.320 e. The number of rotatable bonds is 8. The fourth-order valence-corrected chi connectivity index (χ4v) is 3.99. The molecule has 1 aromatic heterocycles. The number of unbranched alkanes of at least 4 members (excludes halogenated alkanes) is 2. The second-order valence-corrected chi connectivity index (χ2v) is 7.90. The first kappa shape index (κ1) is 19.5. The summed E-state index contributed by atoms with van der Waals surface area (Å²) in [5.74, 6) is 1.05. The predicted molar refractivity (Wildman–Crippen MR) is 123 cm³/mol. The summed E-state index contributed by atoms with van der Waals surface area (Å²) in [6.07, 6.45) is 9.16. The van der Waals surface area contributed by atoms with Crippen LogP contribution in [0.4, 0.5) is 22.9 Å². The Balaban J connectivity index is 1.71. The fourth-order valence-electron chi connectivity index (χ4n) is 3.99. The molecule has 0 amide bonds. The van der Waals surface area contributed by atoms with E-state index >= 15 is 0 Å². The van der Waals surface area contributed by atoms with E-state index in [9.17, 15) is 0 Å². The number of hydrogen-bond donors (Lipinski definition) is 0. The number of para-hydroxylation sites is 1. The molecule has 0 atom stereocenters. The highest BCUT2D eigenvalue weighted by molar-refractivity contribution is 5.84. The Labute approximate surface area is 175 Å². The van der Waals surface area contributed by atoms with Crippen LogP contribution in [0.1, 0.15) is 50.7 Å². The van der Waals surface area contributed by atoms with Crippen LogP contribution in [0.5, 0.6) is 0 Å². The summed E-state index contributed by atoms with van der Waals surface area (Å²) in [5.41, 5.74) is 6.40. The third kappa shape index (κ3) is 4.29. The minimum absolute atomic E-state index is 0.792. The molecule has 0 unspecified atom stereocenters. The molecule has 0 spiro atoms. The smallest absolute Gasteiger partial charge is 0.158 e. The van der Waals surface area contributed by atoms with E-state index in [1.807, 2.05) is 0 Å². The number of fused-ring (bicyclic) bond motifs is 1. The first-order valence-corrected chi connectivity index (χ1v) is 11.0. The van der Waals surface area contributed by atoms with Gasteiger partial charge in [-0.05, 0) is 67.1 Å². The fraction of sp³-hybridized carbons (Fsp3) is 0.346. The van der Waals surface area contributed by atoms with Gasteiger partial charge in [0.05, 0.1) is 5.69 Å². The lowest BCUT2D eigenvalue weighted by Gasteiger charge is -2.22. The van der Waals surface area contributed by atoms with Gasteiger partial charge in [-0.15, -0.1) is 0 Å². The van der Waals surface area contributed by atoms with Crippen LogP contribution in [-0.4, -0.2) is 11.7 Å². The lowest BCUT2D eigenvalue weighted by molar-refractivity contribution is 0.792. The molecule has 3 nitrogen and oxygen atoms in total. The molecule has 0 saturated heterocycles. The molecule has 2 aromatic carbocycles. The van der Waals surface area contributed by atoms with E-state index in [2.05, 4.69) is 90.5 Å². The van der Waals surface area contributed by atoms with Crippen molar-refractivity contribution >= 4 is 22.9 Å². The van der Waals surface area contributed by atoms with Crippen LogP contribution in [0.3, 0.4) is 0 Å². The van der Waals surface area contributed by atoms with Crippen molar-refractivity contribution in [3.63, 3.8) is 0 Å². The van der Waals surface area contributed by atoms with Crippen molar-refractivity contribution in [3.8, 4) is 0 Å². The van der Waals surface area contributed by atoms with Gasteiger partial charge in [0.1, 0.15) is 6.67 Å². The van der Waals surface area contributed by atoms with Gasteiger partial charge in [0, 0.05) is 17.6 Å². The van der Waals surface area contributed by atoms with Crippen LogP contribution < -0.4 is 9.80 Å². The molecule has 1 aliphatic rings. The summed E-state index contributed by atoms with van der Waals surface area (Å²) >= 11 is 0. The molecule has 0 radical (unpaired) electrons. The molecule has 0 fully saturated rings. The van der Waals surface area contributed by atoms with Crippen molar-refractivity contribution in [1.82, 2.24) is 4.98 Å². The Kier molecular flexibility index (Phi) is 6.14. The molecule has 0 aliphatic carbocycles. The van der Waals surface area contributed by atoms with Crippen LogP contribution in [0.15, 0.2) is 66.9 Å². The molecule has 1 aliphatic heterocycles. The third-order valence-electron chi connectivity index (χ3n) is 5.66. The van der Waals surface area contributed by atoms with E-state index in [0.717, 1.165) is 25.3 Å². The maximum absolute atomic E-state index is 4.90. The van der Waals surface area contributed by atoms with Crippen LogP contribution in [0.25, 0.3) is 0 Å². The van der Waals surface area contributed by atoms with Crippen LogP contribution in [0, 0.1) is 0 Å². The lowest BCUT2D eigenvalue weighted by atomic mass is 10.1. The maximum Gasteiger partial charge on any atom is 0.158 e. The number of hydrogen-bond acceptors (Lipinski definition) is 3. The van der Waals surface area contributed by atoms with Gasteiger partial charge in [-0.25, -0.2) is 4.98 Å². The number of nitrogens with zero attached hydrogens (tertiary/aromatic N) is 3. The molecule has 150 valence electrons. The summed E-state index contributed by atoms with van der Waals surface area (Å²) in [5, 5.41) is 0. The zero-order chi connectivity index (χ0) is 20.1. The standard InChI is InChI=1S/C26H31N3/c1-3-5-11-21-13-10-16-24(17-21)28-20-29(23-14-8-7-9-15-23)26-25(28)18-22(19-27-26)12-6-4-2/h7-10,13-19H,3-6,11-12,20H2,1-2H3. The summed E-state index contributed by atoms with van der Waals surface area (Å²) in [7, 11) is 0. The van der Waals surface area contributed by atoms with Gasteiger partial charge in [0.2, 0.25) is 0 Å². The largest absolute Gasteiger partial charge is 0.320 e. The van der Waals surface area contributed by atoms with Crippen molar-refractivity contribution in [2.45, 2.75) is 52.4 Å². The van der Waals surface area contributed by atoms with Crippen molar-refractivity contribution in [1.29, 1.82) is 0 Å². The molecule has 0 bridgehead atoms. The minimum atomic E-state index is 0.792. The zero-order valence-electron chi connectivity index (χ0n) is 17.6. The van der Waals surface area contributed by atoms with Crippen molar-refractivity contribution in [2.75, 3.05) is 16.5 Å². The normalized spacial score (nSPS) is 13.0. The Hall–Kier alpha value is -2.81. The highest BCUT2D eigenvalue weighted by Gasteiger charge is 2.29. The third-order valence-corrected chi connectivity index (χ3v) is 5.66. The highest BCUT2D eigenvalue weighted by Crippen LogP contribution is 2.43. The van der Waals surface area contributed by atoms with Gasteiger partial charge in [-0.1, -0.05) is 57.0 Å². The Morgan fingerprint density at radius 2 is 1.48 bits per heavy atom. The van der Waals surface area contributed by atoms with E-state index in [1.54, 1.807) is 0 Å². The van der Waals surface area contributed by atoms with Crippen LogP contribution in [0.2, 0.25) is 0 Å². The molecule has 29 heavy (non-hydrogen) atoms. The van der Waals surface area contributed by atoms with Gasteiger partial charge < -0.3 is 9.80 Å². The van der Waals surface area contributed by atoms with Crippen molar-refractivity contribution < 1.29 is 0 Å². The van der Waals surface area contributed by atoms with E-state index in [1.165, 1.54) is 53.9 Å². The molecule has 0 N–H and O–H groups in total. The molecular weight excluding hydrogens is 354 g/mol. The highest BCUT2D eigenvalue weighted by atomic mass is 15.4.